The fourth-order valence-corrected chi connectivity index (χ4v) is 3.96. The Morgan fingerprint density at radius 3 is 2.42 bits per heavy atom. The summed E-state index contributed by atoms with van der Waals surface area (Å²) >= 11 is 7.34. The van der Waals surface area contributed by atoms with Gasteiger partial charge in [0.25, 0.3) is 5.91 Å². The molecule has 1 heterocycles. The van der Waals surface area contributed by atoms with Crippen LogP contribution in [-0.2, 0) is 17.8 Å². The molecule has 0 aliphatic carbocycles. The molecule has 2 aromatic carbocycles. The van der Waals surface area contributed by atoms with Gasteiger partial charge < -0.3 is 14.0 Å². The second-order valence-corrected chi connectivity index (χ2v) is 7.06. The van der Waals surface area contributed by atoms with E-state index in [4.69, 9.17) is 21.1 Å². The molecule has 0 spiro atoms. The zero-order valence-corrected chi connectivity index (χ0v) is 16.4. The van der Waals surface area contributed by atoms with Gasteiger partial charge in [-0.25, -0.2) is 0 Å². The SMILES string of the molecule is CCn1c(=NC(=O)Cc2ccc(Cl)cc2)sc2cc(OC)c(OC)cc21. The molecule has 1 amide bonds. The van der Waals surface area contributed by atoms with E-state index in [1.54, 1.807) is 26.4 Å². The Kier molecular flexibility index (Phi) is 5.64. The van der Waals surface area contributed by atoms with Crippen molar-refractivity contribution in [1.29, 1.82) is 0 Å². The number of hydrogen-bond donors (Lipinski definition) is 0. The lowest BCUT2D eigenvalue weighted by molar-refractivity contribution is -0.117. The van der Waals surface area contributed by atoms with Gasteiger partial charge in [0.1, 0.15) is 0 Å². The summed E-state index contributed by atoms with van der Waals surface area (Å²) in [5.41, 5.74) is 1.85. The number of benzene rings is 2. The lowest BCUT2D eigenvalue weighted by Gasteiger charge is -2.08. The third kappa shape index (κ3) is 3.76. The maximum Gasteiger partial charge on any atom is 0.252 e. The number of methoxy groups -OCH3 is 2. The van der Waals surface area contributed by atoms with E-state index >= 15 is 0 Å². The van der Waals surface area contributed by atoms with Crippen molar-refractivity contribution in [3.63, 3.8) is 0 Å². The minimum atomic E-state index is -0.194. The first kappa shape index (κ1) is 18.5. The highest BCUT2D eigenvalue weighted by atomic mass is 35.5. The summed E-state index contributed by atoms with van der Waals surface area (Å²) in [6.07, 6.45) is 0.238. The molecule has 0 bridgehead atoms. The third-order valence-electron chi connectivity index (χ3n) is 3.99. The van der Waals surface area contributed by atoms with Gasteiger partial charge in [-0.1, -0.05) is 35.1 Å². The van der Waals surface area contributed by atoms with Crippen LogP contribution in [0.3, 0.4) is 0 Å². The van der Waals surface area contributed by atoms with Crippen LogP contribution in [-0.4, -0.2) is 24.7 Å². The average molecular weight is 391 g/mol. The monoisotopic (exact) mass is 390 g/mol. The van der Waals surface area contributed by atoms with Crippen LogP contribution in [0.15, 0.2) is 41.4 Å². The predicted molar refractivity (Wildman–Crippen MR) is 104 cm³/mol. The molecule has 7 heteroatoms. The molecule has 3 rings (SSSR count). The molecule has 0 atom stereocenters. The molecule has 0 unspecified atom stereocenters. The van der Waals surface area contributed by atoms with E-state index < -0.39 is 0 Å². The Labute approximate surface area is 160 Å². The average Bonchev–Trinajstić information content (AvgIpc) is 2.97. The van der Waals surface area contributed by atoms with Gasteiger partial charge in [0, 0.05) is 23.7 Å². The van der Waals surface area contributed by atoms with Crippen molar-refractivity contribution in [1.82, 2.24) is 4.57 Å². The van der Waals surface area contributed by atoms with Crippen LogP contribution < -0.4 is 14.3 Å². The number of fused-ring (bicyclic) bond motifs is 1. The summed E-state index contributed by atoms with van der Waals surface area (Å²) < 4.78 is 13.7. The van der Waals surface area contributed by atoms with Crippen LogP contribution in [0.25, 0.3) is 10.2 Å². The number of hydrogen-bond acceptors (Lipinski definition) is 4. The lowest BCUT2D eigenvalue weighted by Crippen LogP contribution is -2.16. The second-order valence-electron chi connectivity index (χ2n) is 5.61. The number of thiazole rings is 1. The number of carbonyl (C=O) groups excluding carboxylic acids is 1. The van der Waals surface area contributed by atoms with E-state index in [2.05, 4.69) is 4.99 Å². The number of rotatable bonds is 5. The summed E-state index contributed by atoms with van der Waals surface area (Å²) in [6.45, 7) is 2.72. The van der Waals surface area contributed by atoms with Gasteiger partial charge in [-0.3, -0.25) is 4.79 Å². The van der Waals surface area contributed by atoms with Crippen molar-refractivity contribution in [3.05, 3.63) is 51.8 Å². The van der Waals surface area contributed by atoms with Crippen LogP contribution in [0, 0.1) is 0 Å². The molecular formula is C19H19ClN2O3S. The highest BCUT2D eigenvalue weighted by Crippen LogP contribution is 2.33. The van der Waals surface area contributed by atoms with Crippen molar-refractivity contribution in [2.45, 2.75) is 19.9 Å². The molecule has 3 aromatic rings. The highest BCUT2D eigenvalue weighted by molar-refractivity contribution is 7.16. The number of amides is 1. The molecule has 0 saturated heterocycles. The first-order chi connectivity index (χ1) is 12.5. The first-order valence-corrected chi connectivity index (χ1v) is 9.32. The van der Waals surface area contributed by atoms with Gasteiger partial charge in [-0.15, -0.1) is 0 Å². The highest BCUT2D eigenvalue weighted by Gasteiger charge is 2.12. The number of aryl methyl sites for hydroxylation is 1. The van der Waals surface area contributed by atoms with Crippen molar-refractivity contribution in [2.75, 3.05) is 14.2 Å². The van der Waals surface area contributed by atoms with Crippen LogP contribution in [0.1, 0.15) is 12.5 Å². The molecule has 0 radical (unpaired) electrons. The van der Waals surface area contributed by atoms with Gasteiger partial charge in [0.15, 0.2) is 16.3 Å². The Morgan fingerprint density at radius 2 is 1.81 bits per heavy atom. The molecule has 136 valence electrons. The first-order valence-electron chi connectivity index (χ1n) is 8.13. The molecule has 0 aliphatic heterocycles. The second kappa shape index (κ2) is 7.93. The van der Waals surface area contributed by atoms with Crippen LogP contribution in [0.4, 0.5) is 0 Å². The Morgan fingerprint density at radius 1 is 1.15 bits per heavy atom. The zero-order valence-electron chi connectivity index (χ0n) is 14.8. The largest absolute Gasteiger partial charge is 0.493 e. The Balaban J connectivity index is 2.01. The van der Waals surface area contributed by atoms with E-state index in [1.807, 2.05) is 35.8 Å². The summed E-state index contributed by atoms with van der Waals surface area (Å²) in [7, 11) is 3.21. The minimum absolute atomic E-state index is 0.194. The Hall–Kier alpha value is -2.31. The predicted octanol–water partition coefficient (Wildman–Crippen LogP) is 4.06. The van der Waals surface area contributed by atoms with Crippen molar-refractivity contribution in [2.24, 2.45) is 4.99 Å². The van der Waals surface area contributed by atoms with E-state index in [0.29, 0.717) is 27.9 Å². The molecule has 1 aromatic heterocycles. The maximum absolute atomic E-state index is 12.4. The third-order valence-corrected chi connectivity index (χ3v) is 5.29. The summed E-state index contributed by atoms with van der Waals surface area (Å²) in [5.74, 6) is 1.11. The van der Waals surface area contributed by atoms with E-state index in [1.165, 1.54) is 11.3 Å². The number of nitrogens with zero attached hydrogens (tertiary/aromatic N) is 2. The number of ether oxygens (including phenoxy) is 2. The van der Waals surface area contributed by atoms with Gasteiger partial charge in [-0.05, 0) is 24.6 Å². The summed E-state index contributed by atoms with van der Waals surface area (Å²) in [5, 5.41) is 0.648. The van der Waals surface area contributed by atoms with Gasteiger partial charge in [-0.2, -0.15) is 4.99 Å². The van der Waals surface area contributed by atoms with Crippen LogP contribution in [0.5, 0.6) is 11.5 Å². The fourth-order valence-electron chi connectivity index (χ4n) is 2.71. The fraction of sp³-hybridized carbons (Fsp3) is 0.263. The lowest BCUT2D eigenvalue weighted by atomic mass is 10.1. The Bertz CT molecular complexity index is 1010. The van der Waals surface area contributed by atoms with E-state index in [0.717, 1.165) is 15.8 Å². The van der Waals surface area contributed by atoms with Crippen molar-refractivity contribution >= 4 is 39.1 Å². The van der Waals surface area contributed by atoms with Crippen LogP contribution in [0.2, 0.25) is 5.02 Å². The smallest absolute Gasteiger partial charge is 0.252 e. The van der Waals surface area contributed by atoms with Gasteiger partial charge >= 0.3 is 0 Å². The van der Waals surface area contributed by atoms with Crippen molar-refractivity contribution in [3.8, 4) is 11.5 Å². The molecule has 0 aliphatic rings. The van der Waals surface area contributed by atoms with Crippen molar-refractivity contribution < 1.29 is 14.3 Å². The normalized spacial score (nSPS) is 11.8. The van der Waals surface area contributed by atoms with Crippen LogP contribution >= 0.6 is 22.9 Å². The standard InChI is InChI=1S/C19H19ClN2O3S/c1-4-22-14-10-15(24-2)16(25-3)11-17(14)26-19(22)21-18(23)9-12-5-7-13(20)8-6-12/h5-8,10-11H,4,9H2,1-3H3. The number of carbonyl (C=O) groups is 1. The number of aromatic nitrogens is 1. The summed E-state index contributed by atoms with van der Waals surface area (Å²) in [6, 6.07) is 11.0. The molecule has 5 nitrogen and oxygen atoms in total. The van der Waals surface area contributed by atoms with Gasteiger partial charge in [0.05, 0.1) is 30.9 Å². The molecule has 0 N–H and O–H groups in total. The quantitative estimate of drug-likeness (QED) is 0.660. The molecule has 0 fully saturated rings. The minimum Gasteiger partial charge on any atom is -0.493 e. The molecular weight excluding hydrogens is 372 g/mol. The maximum atomic E-state index is 12.4. The van der Waals surface area contributed by atoms with Gasteiger partial charge in [0.2, 0.25) is 0 Å². The van der Waals surface area contributed by atoms with E-state index in [9.17, 15) is 4.79 Å². The summed E-state index contributed by atoms with van der Waals surface area (Å²) in [4.78, 5) is 17.4. The van der Waals surface area contributed by atoms with E-state index in [-0.39, 0.29) is 12.3 Å². The molecule has 26 heavy (non-hydrogen) atoms. The topological polar surface area (TPSA) is 52.8 Å². The molecule has 0 saturated carbocycles. The zero-order chi connectivity index (χ0) is 18.7. The number of halogens is 1.